The van der Waals surface area contributed by atoms with Crippen molar-refractivity contribution in [3.05, 3.63) is 200 Å². The van der Waals surface area contributed by atoms with Gasteiger partial charge in [0.1, 0.15) is 11.2 Å². The number of benzene rings is 9. The van der Waals surface area contributed by atoms with Gasteiger partial charge in [-0.15, -0.1) is 0 Å². The van der Waals surface area contributed by atoms with Crippen molar-refractivity contribution in [1.29, 1.82) is 0 Å². The molecular formula is C50H33NO. The number of fused-ring (bicyclic) bond motifs is 5. The van der Waals surface area contributed by atoms with Gasteiger partial charge in [-0.3, -0.25) is 0 Å². The van der Waals surface area contributed by atoms with Crippen LogP contribution < -0.4 is 4.90 Å². The maximum absolute atomic E-state index is 6.47. The second kappa shape index (κ2) is 12.5. The monoisotopic (exact) mass is 663 g/mol. The van der Waals surface area contributed by atoms with Gasteiger partial charge in [-0.05, 0) is 116 Å². The maximum Gasteiger partial charge on any atom is 0.136 e. The van der Waals surface area contributed by atoms with Crippen LogP contribution in [0.2, 0.25) is 0 Å². The zero-order valence-electron chi connectivity index (χ0n) is 28.4. The minimum absolute atomic E-state index is 0.874. The molecule has 0 radical (unpaired) electrons. The van der Waals surface area contributed by atoms with Crippen molar-refractivity contribution in [3.8, 4) is 33.4 Å². The summed E-state index contributed by atoms with van der Waals surface area (Å²) in [6.07, 6.45) is 0. The van der Waals surface area contributed by atoms with Gasteiger partial charge in [-0.1, -0.05) is 140 Å². The van der Waals surface area contributed by atoms with Crippen molar-refractivity contribution in [1.82, 2.24) is 0 Å². The van der Waals surface area contributed by atoms with Crippen LogP contribution in [-0.2, 0) is 0 Å². The first-order valence-corrected chi connectivity index (χ1v) is 17.7. The molecule has 0 spiro atoms. The molecular weight excluding hydrogens is 631 g/mol. The molecule has 0 atom stereocenters. The summed E-state index contributed by atoms with van der Waals surface area (Å²) in [6, 6.07) is 71.7. The van der Waals surface area contributed by atoms with Crippen molar-refractivity contribution in [2.75, 3.05) is 4.90 Å². The number of hydrogen-bond donors (Lipinski definition) is 0. The highest BCUT2D eigenvalue weighted by Crippen LogP contribution is 2.42. The van der Waals surface area contributed by atoms with Crippen LogP contribution in [0.5, 0.6) is 0 Å². The summed E-state index contributed by atoms with van der Waals surface area (Å²) in [4.78, 5) is 2.32. The first-order chi connectivity index (χ1) is 25.7. The topological polar surface area (TPSA) is 16.4 Å². The van der Waals surface area contributed by atoms with Gasteiger partial charge in [0.25, 0.3) is 0 Å². The molecule has 0 fully saturated rings. The molecule has 0 aliphatic carbocycles. The van der Waals surface area contributed by atoms with Crippen molar-refractivity contribution >= 4 is 60.5 Å². The Hall–Kier alpha value is -6.90. The summed E-state index contributed by atoms with van der Waals surface area (Å²) in [5.74, 6) is 0. The summed E-state index contributed by atoms with van der Waals surface area (Å²) in [5.41, 5.74) is 12.1. The summed E-state index contributed by atoms with van der Waals surface area (Å²) < 4.78 is 6.47. The quantitative estimate of drug-likeness (QED) is 0.176. The summed E-state index contributed by atoms with van der Waals surface area (Å²) in [6.45, 7) is 0. The lowest BCUT2D eigenvalue weighted by Gasteiger charge is -2.25. The van der Waals surface area contributed by atoms with Gasteiger partial charge in [0.2, 0.25) is 0 Å². The molecule has 9 aromatic carbocycles. The van der Waals surface area contributed by atoms with Crippen LogP contribution in [0.1, 0.15) is 0 Å². The highest BCUT2D eigenvalue weighted by atomic mass is 16.3. The van der Waals surface area contributed by atoms with Gasteiger partial charge in [0, 0.05) is 27.8 Å². The normalized spacial score (nSPS) is 11.5. The number of para-hydroxylation sites is 1. The van der Waals surface area contributed by atoms with Crippen LogP contribution in [0, 0.1) is 0 Å². The fourth-order valence-corrected chi connectivity index (χ4v) is 7.60. The van der Waals surface area contributed by atoms with Crippen LogP contribution in [0.3, 0.4) is 0 Å². The van der Waals surface area contributed by atoms with E-state index in [2.05, 4.69) is 205 Å². The number of nitrogens with zero attached hydrogens (tertiary/aromatic N) is 1. The number of anilines is 3. The van der Waals surface area contributed by atoms with E-state index in [0.717, 1.165) is 50.1 Å². The Labute approximate surface area is 302 Å². The van der Waals surface area contributed by atoms with Gasteiger partial charge < -0.3 is 9.32 Å². The third-order valence-electron chi connectivity index (χ3n) is 10.2. The lowest BCUT2D eigenvalue weighted by atomic mass is 9.96. The lowest BCUT2D eigenvalue weighted by molar-refractivity contribution is 0.669. The standard InChI is InChI=1S/C50H33NO/c1-2-13-43(14-3-1)51(44-27-25-37(26-28-44)42-24-20-35-10-5-7-12-40(35)32-42)45-29-30-48-47(33-45)50-46(15-8-16-49(50)52-48)38-21-17-36(18-22-38)41-23-19-34-9-4-6-11-39(34)31-41/h1-33H. The highest BCUT2D eigenvalue weighted by Gasteiger charge is 2.18. The highest BCUT2D eigenvalue weighted by molar-refractivity contribution is 6.13. The zero-order chi connectivity index (χ0) is 34.4. The fraction of sp³-hybridized carbons (Fsp3) is 0. The van der Waals surface area contributed by atoms with Crippen molar-refractivity contribution in [2.24, 2.45) is 0 Å². The second-order valence-electron chi connectivity index (χ2n) is 13.4. The Morgan fingerprint density at radius 1 is 0.308 bits per heavy atom. The third-order valence-corrected chi connectivity index (χ3v) is 10.2. The van der Waals surface area contributed by atoms with E-state index in [1.165, 1.54) is 43.8 Å². The van der Waals surface area contributed by atoms with Crippen LogP contribution in [0.4, 0.5) is 17.1 Å². The molecule has 0 saturated heterocycles. The third kappa shape index (κ3) is 5.30. The molecule has 0 amide bonds. The van der Waals surface area contributed by atoms with Crippen LogP contribution >= 0.6 is 0 Å². The van der Waals surface area contributed by atoms with Crippen molar-refractivity contribution in [2.45, 2.75) is 0 Å². The molecule has 10 rings (SSSR count). The van der Waals surface area contributed by atoms with Gasteiger partial charge in [-0.2, -0.15) is 0 Å². The van der Waals surface area contributed by atoms with Crippen LogP contribution in [0.15, 0.2) is 205 Å². The molecule has 52 heavy (non-hydrogen) atoms. The number of furan rings is 1. The smallest absolute Gasteiger partial charge is 0.136 e. The molecule has 0 saturated carbocycles. The Morgan fingerprint density at radius 2 is 0.827 bits per heavy atom. The number of rotatable bonds is 6. The predicted octanol–water partition coefficient (Wildman–Crippen LogP) is 14.4. The summed E-state index contributed by atoms with van der Waals surface area (Å²) in [5, 5.41) is 7.22. The molecule has 0 bridgehead atoms. The largest absolute Gasteiger partial charge is 0.456 e. The molecule has 0 unspecified atom stereocenters. The van der Waals surface area contributed by atoms with E-state index in [0.29, 0.717) is 0 Å². The van der Waals surface area contributed by atoms with Gasteiger partial charge >= 0.3 is 0 Å². The van der Waals surface area contributed by atoms with Crippen molar-refractivity contribution in [3.63, 3.8) is 0 Å². The Bertz CT molecular complexity index is 2890. The first-order valence-electron chi connectivity index (χ1n) is 17.7. The summed E-state index contributed by atoms with van der Waals surface area (Å²) >= 11 is 0. The average Bonchev–Trinajstić information content (AvgIpc) is 3.60. The van der Waals surface area contributed by atoms with E-state index in [-0.39, 0.29) is 0 Å². The van der Waals surface area contributed by atoms with E-state index >= 15 is 0 Å². The maximum atomic E-state index is 6.47. The molecule has 1 heterocycles. The minimum Gasteiger partial charge on any atom is -0.456 e. The van der Waals surface area contributed by atoms with E-state index in [9.17, 15) is 0 Å². The van der Waals surface area contributed by atoms with Gasteiger partial charge in [0.05, 0.1) is 0 Å². The lowest BCUT2D eigenvalue weighted by Crippen LogP contribution is -2.09. The molecule has 1 aromatic heterocycles. The van der Waals surface area contributed by atoms with E-state index in [1.54, 1.807) is 0 Å². The number of hydrogen-bond acceptors (Lipinski definition) is 2. The van der Waals surface area contributed by atoms with E-state index in [4.69, 9.17) is 4.42 Å². The molecule has 2 nitrogen and oxygen atoms in total. The SMILES string of the molecule is c1ccc(N(c2ccc(-c3ccc4ccccc4c3)cc2)c2ccc3oc4cccc(-c5ccc(-c6ccc7ccccc7c6)cc5)c4c3c2)cc1. The Kier molecular flexibility index (Phi) is 7.18. The molecule has 244 valence electrons. The zero-order valence-corrected chi connectivity index (χ0v) is 28.4. The van der Waals surface area contributed by atoms with Crippen molar-refractivity contribution < 1.29 is 4.42 Å². The average molecular weight is 664 g/mol. The molecule has 0 aliphatic heterocycles. The van der Waals surface area contributed by atoms with E-state index in [1.807, 2.05) is 0 Å². The molecule has 0 aliphatic rings. The van der Waals surface area contributed by atoms with E-state index < -0.39 is 0 Å². The molecule has 0 N–H and O–H groups in total. The predicted molar refractivity (Wildman–Crippen MR) is 220 cm³/mol. The molecule has 2 heteroatoms. The molecule has 10 aromatic rings. The first kappa shape index (κ1) is 30.0. The Balaban J connectivity index is 1.05. The van der Waals surface area contributed by atoms with Crippen LogP contribution in [0.25, 0.3) is 76.9 Å². The minimum atomic E-state index is 0.874. The Morgan fingerprint density at radius 3 is 1.48 bits per heavy atom. The fourth-order valence-electron chi connectivity index (χ4n) is 7.60. The van der Waals surface area contributed by atoms with Gasteiger partial charge in [-0.25, -0.2) is 0 Å². The summed E-state index contributed by atoms with van der Waals surface area (Å²) in [7, 11) is 0. The second-order valence-corrected chi connectivity index (χ2v) is 13.4. The van der Waals surface area contributed by atoms with Crippen LogP contribution in [-0.4, -0.2) is 0 Å². The van der Waals surface area contributed by atoms with Gasteiger partial charge in [0.15, 0.2) is 0 Å².